The normalized spacial score (nSPS) is 10.5. The fourth-order valence-electron chi connectivity index (χ4n) is 2.00. The SMILES string of the molecule is CCNC(=O)CSc1nnc(Nc2c(C)cccc2CC)s1. The summed E-state index contributed by atoms with van der Waals surface area (Å²) in [6.07, 6.45) is 0.960. The summed E-state index contributed by atoms with van der Waals surface area (Å²) in [5.74, 6) is 0.386. The van der Waals surface area contributed by atoms with Crippen molar-refractivity contribution in [3.8, 4) is 0 Å². The number of thioether (sulfide) groups is 1. The average Bonchev–Trinajstić information content (AvgIpc) is 2.95. The fraction of sp³-hybridized carbons (Fsp3) is 0.400. The molecule has 0 bridgehead atoms. The highest BCUT2D eigenvalue weighted by Gasteiger charge is 2.10. The first-order valence-electron chi connectivity index (χ1n) is 7.22. The smallest absolute Gasteiger partial charge is 0.230 e. The van der Waals surface area contributed by atoms with Crippen LogP contribution in [0.5, 0.6) is 0 Å². The summed E-state index contributed by atoms with van der Waals surface area (Å²) in [5.41, 5.74) is 3.54. The van der Waals surface area contributed by atoms with Crippen molar-refractivity contribution in [3.63, 3.8) is 0 Å². The number of anilines is 2. The molecule has 0 aliphatic heterocycles. The standard InChI is InChI=1S/C15H20N4OS2/c1-4-11-8-6-7-10(3)13(11)17-14-18-19-15(22-14)21-9-12(20)16-5-2/h6-8H,4-5,9H2,1-3H3,(H,16,20)(H,17,18). The van der Waals surface area contributed by atoms with Gasteiger partial charge >= 0.3 is 0 Å². The molecule has 1 aromatic heterocycles. The van der Waals surface area contributed by atoms with Crippen LogP contribution in [0.1, 0.15) is 25.0 Å². The lowest BCUT2D eigenvalue weighted by molar-refractivity contribution is -0.118. The van der Waals surface area contributed by atoms with Gasteiger partial charge in [-0.2, -0.15) is 0 Å². The van der Waals surface area contributed by atoms with Gasteiger partial charge in [-0.25, -0.2) is 0 Å². The summed E-state index contributed by atoms with van der Waals surface area (Å²) in [6.45, 7) is 6.76. The van der Waals surface area contributed by atoms with E-state index in [9.17, 15) is 4.79 Å². The van der Waals surface area contributed by atoms with Crippen LogP contribution in [-0.4, -0.2) is 28.4 Å². The van der Waals surface area contributed by atoms with E-state index < -0.39 is 0 Å². The third kappa shape index (κ3) is 4.45. The first kappa shape index (κ1) is 16.8. The molecule has 118 valence electrons. The first-order chi connectivity index (χ1) is 10.6. The third-order valence-electron chi connectivity index (χ3n) is 3.08. The van der Waals surface area contributed by atoms with Gasteiger partial charge in [-0.15, -0.1) is 10.2 Å². The van der Waals surface area contributed by atoms with Crippen LogP contribution in [0, 0.1) is 6.92 Å². The second-order valence-electron chi connectivity index (χ2n) is 4.70. The molecule has 0 aliphatic rings. The highest BCUT2D eigenvalue weighted by Crippen LogP contribution is 2.30. The largest absolute Gasteiger partial charge is 0.356 e. The Hall–Kier alpha value is -1.60. The lowest BCUT2D eigenvalue weighted by Crippen LogP contribution is -2.24. The minimum Gasteiger partial charge on any atom is -0.356 e. The monoisotopic (exact) mass is 336 g/mol. The molecule has 2 rings (SSSR count). The van der Waals surface area contributed by atoms with Crippen LogP contribution in [-0.2, 0) is 11.2 Å². The van der Waals surface area contributed by atoms with Gasteiger partial charge in [0.1, 0.15) is 0 Å². The van der Waals surface area contributed by atoms with Crippen molar-refractivity contribution >= 4 is 39.8 Å². The molecule has 0 radical (unpaired) electrons. The molecule has 0 unspecified atom stereocenters. The molecule has 0 spiro atoms. The Morgan fingerprint density at radius 2 is 2.14 bits per heavy atom. The van der Waals surface area contributed by atoms with E-state index in [-0.39, 0.29) is 5.91 Å². The van der Waals surface area contributed by atoms with Gasteiger partial charge in [0.15, 0.2) is 4.34 Å². The van der Waals surface area contributed by atoms with Crippen molar-refractivity contribution in [2.24, 2.45) is 0 Å². The van der Waals surface area contributed by atoms with Crippen molar-refractivity contribution in [3.05, 3.63) is 29.3 Å². The number of nitrogens with one attached hydrogen (secondary N) is 2. The molecule has 5 nitrogen and oxygen atoms in total. The lowest BCUT2D eigenvalue weighted by Gasteiger charge is -2.11. The van der Waals surface area contributed by atoms with Gasteiger partial charge in [0.05, 0.1) is 5.75 Å². The minimum absolute atomic E-state index is 0.0179. The van der Waals surface area contributed by atoms with E-state index in [1.165, 1.54) is 34.2 Å². The number of para-hydroxylation sites is 1. The van der Waals surface area contributed by atoms with E-state index in [0.717, 1.165) is 21.6 Å². The Labute approximate surface area is 138 Å². The van der Waals surface area contributed by atoms with Gasteiger partial charge in [0, 0.05) is 12.2 Å². The first-order valence-corrected chi connectivity index (χ1v) is 9.02. The van der Waals surface area contributed by atoms with Gasteiger partial charge in [-0.3, -0.25) is 4.79 Å². The van der Waals surface area contributed by atoms with Gasteiger partial charge in [0.25, 0.3) is 0 Å². The maximum atomic E-state index is 11.5. The van der Waals surface area contributed by atoms with Gasteiger partial charge in [-0.05, 0) is 31.4 Å². The number of carbonyl (C=O) groups excluding carboxylic acids is 1. The zero-order valence-corrected chi connectivity index (χ0v) is 14.6. The van der Waals surface area contributed by atoms with Crippen LogP contribution in [0.25, 0.3) is 0 Å². The highest BCUT2D eigenvalue weighted by atomic mass is 32.2. The summed E-state index contributed by atoms with van der Waals surface area (Å²) in [7, 11) is 0. The molecule has 1 heterocycles. The van der Waals surface area contributed by atoms with Gasteiger partial charge < -0.3 is 10.6 Å². The molecule has 2 aromatic rings. The van der Waals surface area contributed by atoms with E-state index in [1.807, 2.05) is 6.92 Å². The highest BCUT2D eigenvalue weighted by molar-refractivity contribution is 8.01. The third-order valence-corrected chi connectivity index (χ3v) is 5.05. The second-order valence-corrected chi connectivity index (χ2v) is 6.90. The van der Waals surface area contributed by atoms with Crippen molar-refractivity contribution < 1.29 is 4.79 Å². The van der Waals surface area contributed by atoms with E-state index in [0.29, 0.717) is 12.3 Å². The molecule has 0 fully saturated rings. The predicted molar refractivity (Wildman–Crippen MR) is 93.2 cm³/mol. The second kappa shape index (κ2) is 8.14. The summed E-state index contributed by atoms with van der Waals surface area (Å²) in [4.78, 5) is 11.5. The van der Waals surface area contributed by atoms with E-state index in [1.54, 1.807) is 0 Å². The van der Waals surface area contributed by atoms with Crippen LogP contribution in [0.3, 0.4) is 0 Å². The molecule has 0 atom stereocenters. The summed E-state index contributed by atoms with van der Waals surface area (Å²) >= 11 is 2.87. The number of nitrogens with zero attached hydrogens (tertiary/aromatic N) is 2. The number of aromatic nitrogens is 2. The predicted octanol–water partition coefficient (Wildman–Crippen LogP) is 3.38. The quantitative estimate of drug-likeness (QED) is 0.759. The zero-order valence-electron chi connectivity index (χ0n) is 13.0. The molecule has 1 amide bonds. The molecular weight excluding hydrogens is 316 g/mol. The molecule has 7 heteroatoms. The molecule has 0 aliphatic carbocycles. The van der Waals surface area contributed by atoms with E-state index >= 15 is 0 Å². The Balaban J connectivity index is 2.02. The van der Waals surface area contributed by atoms with Crippen LogP contribution in [0.15, 0.2) is 22.5 Å². The molecule has 0 saturated carbocycles. The van der Waals surface area contributed by atoms with E-state index in [2.05, 4.69) is 52.9 Å². The van der Waals surface area contributed by atoms with Crippen LogP contribution in [0.4, 0.5) is 10.8 Å². The van der Waals surface area contributed by atoms with Crippen molar-refractivity contribution in [1.29, 1.82) is 0 Å². The maximum absolute atomic E-state index is 11.5. The number of rotatable bonds is 7. The van der Waals surface area contributed by atoms with Crippen molar-refractivity contribution in [2.45, 2.75) is 31.5 Å². The maximum Gasteiger partial charge on any atom is 0.230 e. The Kier molecular flexibility index (Phi) is 6.21. The molecule has 2 N–H and O–H groups in total. The summed E-state index contributed by atoms with van der Waals surface area (Å²) < 4.78 is 0.792. The van der Waals surface area contributed by atoms with Crippen LogP contribution >= 0.6 is 23.1 Å². The molecular formula is C15H20N4OS2. The van der Waals surface area contributed by atoms with Crippen molar-refractivity contribution in [1.82, 2.24) is 15.5 Å². The fourth-order valence-corrected chi connectivity index (χ4v) is 3.59. The van der Waals surface area contributed by atoms with Crippen molar-refractivity contribution in [2.75, 3.05) is 17.6 Å². The number of benzene rings is 1. The topological polar surface area (TPSA) is 66.9 Å². The van der Waals surface area contributed by atoms with Crippen LogP contribution < -0.4 is 10.6 Å². The van der Waals surface area contributed by atoms with E-state index in [4.69, 9.17) is 0 Å². The van der Waals surface area contributed by atoms with Crippen LogP contribution in [0.2, 0.25) is 0 Å². The Morgan fingerprint density at radius 3 is 2.86 bits per heavy atom. The number of amides is 1. The number of aryl methyl sites for hydroxylation is 2. The van der Waals surface area contributed by atoms with Gasteiger partial charge in [-0.1, -0.05) is 48.2 Å². The lowest BCUT2D eigenvalue weighted by atomic mass is 10.1. The average molecular weight is 336 g/mol. The number of hydrogen-bond donors (Lipinski definition) is 2. The Morgan fingerprint density at radius 1 is 1.32 bits per heavy atom. The summed E-state index contributed by atoms with van der Waals surface area (Å²) in [5, 5.41) is 15.1. The molecule has 0 saturated heterocycles. The number of carbonyl (C=O) groups is 1. The minimum atomic E-state index is 0.0179. The molecule has 22 heavy (non-hydrogen) atoms. The zero-order chi connectivity index (χ0) is 15.9. The number of hydrogen-bond acceptors (Lipinski definition) is 6. The Bertz CT molecular complexity index is 642. The summed E-state index contributed by atoms with van der Waals surface area (Å²) in [6, 6.07) is 6.25. The van der Waals surface area contributed by atoms with Gasteiger partial charge in [0.2, 0.25) is 11.0 Å². The molecule has 1 aromatic carbocycles.